The number of halogens is 1. The Labute approximate surface area is 209 Å². The van der Waals surface area contributed by atoms with Crippen molar-refractivity contribution in [3.05, 3.63) is 66.0 Å². The fraction of sp³-hybridized carbons (Fsp3) is 0.174. The SMILES string of the molecule is C[C@H](CO)Nc1nc(Nc2ccc(S(=N)(=O)I)cc2)ncc1C#Cc1ccc2cnn(C)c2c1. The van der Waals surface area contributed by atoms with E-state index >= 15 is 0 Å². The molecular weight excluding hydrogens is 565 g/mol. The van der Waals surface area contributed by atoms with Crippen LogP contribution in [0.5, 0.6) is 0 Å². The molecule has 0 aliphatic rings. The molecule has 0 saturated carbocycles. The van der Waals surface area contributed by atoms with Crippen LogP contribution in [0.25, 0.3) is 10.9 Å². The predicted octanol–water partition coefficient (Wildman–Crippen LogP) is 4.06. The van der Waals surface area contributed by atoms with Crippen LogP contribution in [0.1, 0.15) is 18.1 Å². The predicted molar refractivity (Wildman–Crippen MR) is 142 cm³/mol. The summed E-state index contributed by atoms with van der Waals surface area (Å²) in [6, 6.07) is 12.4. The summed E-state index contributed by atoms with van der Waals surface area (Å²) in [4.78, 5) is 9.35. The van der Waals surface area contributed by atoms with E-state index in [2.05, 4.69) is 37.5 Å². The normalized spacial score (nSPS) is 13.5. The number of rotatable bonds is 6. The fourth-order valence-electron chi connectivity index (χ4n) is 3.13. The molecule has 0 fully saturated rings. The number of nitrogens with zero attached hydrogens (tertiary/aromatic N) is 4. The molecule has 0 spiro atoms. The highest BCUT2D eigenvalue weighted by atomic mass is 127. The molecule has 4 N–H and O–H groups in total. The molecule has 2 aromatic carbocycles. The molecule has 0 aliphatic heterocycles. The lowest BCUT2D eigenvalue weighted by Gasteiger charge is -2.14. The molecule has 11 heteroatoms. The molecule has 0 amide bonds. The molecule has 0 radical (unpaired) electrons. The molecule has 0 saturated heterocycles. The zero-order valence-electron chi connectivity index (χ0n) is 18.4. The van der Waals surface area contributed by atoms with Crippen molar-refractivity contribution in [1.29, 1.82) is 4.78 Å². The van der Waals surface area contributed by atoms with E-state index in [1.165, 1.54) is 0 Å². The van der Waals surface area contributed by atoms with Gasteiger partial charge < -0.3 is 15.7 Å². The van der Waals surface area contributed by atoms with Gasteiger partial charge in [0, 0.05) is 50.9 Å². The summed E-state index contributed by atoms with van der Waals surface area (Å²) >= 11 is 1.62. The average Bonchev–Trinajstić information content (AvgIpc) is 3.18. The van der Waals surface area contributed by atoms with Gasteiger partial charge in [0.2, 0.25) is 5.95 Å². The molecule has 0 aliphatic carbocycles. The van der Waals surface area contributed by atoms with Gasteiger partial charge in [-0.15, -0.1) is 0 Å². The van der Waals surface area contributed by atoms with Gasteiger partial charge in [-0.3, -0.25) is 4.68 Å². The standard InChI is InChI=1S/C23H22IN7O2S/c1-15(14-32)28-22-18(6-4-16-3-5-17-13-27-31(2)21(17)11-16)12-26-23(30-22)29-19-7-9-20(10-8-19)34(24,25)33/h3,5,7-13,15,25,32H,14H2,1-2H3,(H2,26,28,29,30)/t15-,34?/m1/s1. The molecule has 4 rings (SSSR count). The summed E-state index contributed by atoms with van der Waals surface area (Å²) < 4.78 is 21.3. The molecule has 34 heavy (non-hydrogen) atoms. The van der Waals surface area contributed by atoms with E-state index in [0.717, 1.165) is 16.5 Å². The largest absolute Gasteiger partial charge is 0.394 e. The third-order valence-corrected chi connectivity index (χ3v) is 7.35. The first-order valence-electron chi connectivity index (χ1n) is 10.3. The van der Waals surface area contributed by atoms with Crippen molar-refractivity contribution >= 4 is 56.5 Å². The molecular formula is C23H22IN7O2S. The van der Waals surface area contributed by atoms with Crippen LogP contribution in [0.2, 0.25) is 0 Å². The Morgan fingerprint density at radius 3 is 2.68 bits per heavy atom. The topological polar surface area (TPSA) is 129 Å². The second-order valence-electron chi connectivity index (χ2n) is 7.61. The molecule has 4 aromatic rings. The maximum absolute atomic E-state index is 11.9. The summed E-state index contributed by atoms with van der Waals surface area (Å²) in [5.41, 5.74) is 3.10. The van der Waals surface area contributed by atoms with Crippen molar-refractivity contribution in [3.63, 3.8) is 0 Å². The van der Waals surface area contributed by atoms with E-state index in [4.69, 9.17) is 4.78 Å². The van der Waals surface area contributed by atoms with Gasteiger partial charge in [-0.05, 0) is 49.4 Å². The van der Waals surface area contributed by atoms with E-state index < -0.39 is 6.90 Å². The van der Waals surface area contributed by atoms with Gasteiger partial charge in [0.05, 0.1) is 35.0 Å². The summed E-state index contributed by atoms with van der Waals surface area (Å²) in [5, 5.41) is 21.1. The highest BCUT2D eigenvalue weighted by Crippen LogP contribution is 2.23. The van der Waals surface area contributed by atoms with Crippen LogP contribution in [-0.2, 0) is 13.9 Å². The maximum atomic E-state index is 11.9. The van der Waals surface area contributed by atoms with Crippen LogP contribution in [0, 0.1) is 16.6 Å². The van der Waals surface area contributed by atoms with E-state index in [-0.39, 0.29) is 12.6 Å². The van der Waals surface area contributed by atoms with Crippen LogP contribution >= 0.6 is 21.2 Å². The van der Waals surface area contributed by atoms with Crippen molar-refractivity contribution in [1.82, 2.24) is 19.7 Å². The Hall–Kier alpha value is -3.21. The molecule has 0 bridgehead atoms. The number of hydrogen-bond acceptors (Lipinski definition) is 8. The Balaban J connectivity index is 1.62. The summed E-state index contributed by atoms with van der Waals surface area (Å²) in [7, 11) is 1.89. The number of aromatic nitrogens is 4. The van der Waals surface area contributed by atoms with Crippen LogP contribution in [0.3, 0.4) is 0 Å². The number of aliphatic hydroxyl groups is 1. The van der Waals surface area contributed by atoms with Crippen LogP contribution in [0.15, 0.2) is 59.8 Å². The lowest BCUT2D eigenvalue weighted by atomic mass is 10.1. The summed E-state index contributed by atoms with van der Waals surface area (Å²) in [6.45, 7) is -1.04. The first-order valence-corrected chi connectivity index (χ1v) is 14.4. The highest BCUT2D eigenvalue weighted by Gasteiger charge is 2.10. The smallest absolute Gasteiger partial charge is 0.229 e. The first-order chi connectivity index (χ1) is 16.2. The zero-order chi connectivity index (χ0) is 24.3. The van der Waals surface area contributed by atoms with Crippen molar-refractivity contribution in [2.24, 2.45) is 7.05 Å². The Morgan fingerprint density at radius 1 is 1.21 bits per heavy atom. The van der Waals surface area contributed by atoms with Gasteiger partial charge in [0.25, 0.3) is 0 Å². The minimum absolute atomic E-state index is 0.0685. The lowest BCUT2D eigenvalue weighted by molar-refractivity contribution is 0.281. The van der Waals surface area contributed by atoms with Crippen LogP contribution in [-0.4, -0.2) is 41.7 Å². The second kappa shape index (κ2) is 9.96. The second-order valence-corrected chi connectivity index (χ2v) is 12.8. The van der Waals surface area contributed by atoms with Crippen LogP contribution < -0.4 is 10.6 Å². The van der Waals surface area contributed by atoms with Crippen molar-refractivity contribution in [3.8, 4) is 11.8 Å². The number of benzene rings is 2. The van der Waals surface area contributed by atoms with E-state index in [9.17, 15) is 9.32 Å². The van der Waals surface area contributed by atoms with E-state index in [1.807, 2.05) is 38.4 Å². The van der Waals surface area contributed by atoms with E-state index in [1.54, 1.807) is 56.3 Å². The van der Waals surface area contributed by atoms with Crippen molar-refractivity contribution in [2.45, 2.75) is 17.9 Å². The molecule has 9 nitrogen and oxygen atoms in total. The average molecular weight is 587 g/mol. The number of aliphatic hydroxyl groups excluding tert-OH is 1. The zero-order valence-corrected chi connectivity index (χ0v) is 21.4. The molecule has 1 unspecified atom stereocenters. The number of fused-ring (bicyclic) bond motifs is 1. The maximum Gasteiger partial charge on any atom is 0.229 e. The quantitative estimate of drug-likeness (QED) is 0.152. The van der Waals surface area contributed by atoms with E-state index in [0.29, 0.717) is 27.9 Å². The first kappa shape index (κ1) is 23.9. The van der Waals surface area contributed by atoms with Crippen molar-refractivity contribution in [2.75, 3.05) is 17.2 Å². The summed E-state index contributed by atoms with van der Waals surface area (Å²) in [6.07, 6.45) is 3.43. The Morgan fingerprint density at radius 2 is 1.97 bits per heavy atom. The monoisotopic (exact) mass is 587 g/mol. The van der Waals surface area contributed by atoms with Crippen molar-refractivity contribution < 1.29 is 9.32 Å². The minimum Gasteiger partial charge on any atom is -0.394 e. The Kier molecular flexibility index (Phi) is 7.01. The highest BCUT2D eigenvalue weighted by molar-refractivity contribution is 14.2. The van der Waals surface area contributed by atoms with Crippen LogP contribution in [0.4, 0.5) is 17.5 Å². The Bertz CT molecular complexity index is 1510. The summed E-state index contributed by atoms with van der Waals surface area (Å²) in [5.74, 6) is 7.10. The number of hydrogen-bond donors (Lipinski definition) is 4. The van der Waals surface area contributed by atoms with Gasteiger partial charge in [0.1, 0.15) is 12.7 Å². The minimum atomic E-state index is -2.80. The van der Waals surface area contributed by atoms with Gasteiger partial charge in [0.15, 0.2) is 0 Å². The third-order valence-electron chi connectivity index (χ3n) is 4.95. The lowest BCUT2D eigenvalue weighted by Crippen LogP contribution is -2.21. The van der Waals surface area contributed by atoms with Gasteiger partial charge in [-0.25, -0.2) is 14.0 Å². The fourth-order valence-corrected chi connectivity index (χ4v) is 4.49. The molecule has 2 atom stereocenters. The molecule has 174 valence electrons. The number of anilines is 3. The van der Waals surface area contributed by atoms with Gasteiger partial charge >= 0.3 is 0 Å². The molecule has 2 heterocycles. The number of aryl methyl sites for hydroxylation is 1. The molecule has 2 aromatic heterocycles. The third kappa shape index (κ3) is 5.64. The van der Waals surface area contributed by atoms with Gasteiger partial charge in [-0.1, -0.05) is 11.8 Å². The van der Waals surface area contributed by atoms with Gasteiger partial charge in [-0.2, -0.15) is 10.1 Å². The number of nitrogens with one attached hydrogen (secondary N) is 3.